The third kappa shape index (κ3) is 2.94. The summed E-state index contributed by atoms with van der Waals surface area (Å²) in [6.07, 6.45) is 3.84. The van der Waals surface area contributed by atoms with E-state index in [0.717, 1.165) is 40.0 Å². The van der Waals surface area contributed by atoms with Gasteiger partial charge in [0.15, 0.2) is 5.82 Å². The monoisotopic (exact) mass is 305 g/mol. The lowest BCUT2D eigenvalue weighted by molar-refractivity contribution is 0.840. The van der Waals surface area contributed by atoms with E-state index in [4.69, 9.17) is 5.73 Å². The molecule has 1 heterocycles. The molecule has 0 radical (unpaired) electrons. The van der Waals surface area contributed by atoms with Gasteiger partial charge >= 0.3 is 0 Å². The number of nitrogens with two attached hydrogens (primary N) is 1. The average molecular weight is 306 g/mol. The zero-order chi connectivity index (χ0) is 13.0. The van der Waals surface area contributed by atoms with Crippen LogP contribution in [0.1, 0.15) is 24.6 Å². The van der Waals surface area contributed by atoms with Gasteiger partial charge in [0.2, 0.25) is 0 Å². The molecular formula is C14H16BrN3. The van der Waals surface area contributed by atoms with Crippen LogP contribution >= 0.6 is 15.9 Å². The molecule has 2 N–H and O–H groups in total. The average Bonchev–Trinajstić information content (AvgIpc) is 2.39. The number of halogens is 1. The molecule has 4 heteroatoms. The van der Waals surface area contributed by atoms with Gasteiger partial charge in [-0.25, -0.2) is 9.97 Å². The van der Waals surface area contributed by atoms with Gasteiger partial charge in [0.05, 0.1) is 0 Å². The van der Waals surface area contributed by atoms with Crippen molar-refractivity contribution in [3.63, 3.8) is 0 Å². The Hall–Kier alpha value is -1.26. The third-order valence-corrected chi connectivity index (χ3v) is 3.24. The van der Waals surface area contributed by atoms with E-state index in [2.05, 4.69) is 32.8 Å². The molecule has 0 saturated heterocycles. The lowest BCUT2D eigenvalue weighted by Gasteiger charge is -2.08. The highest BCUT2D eigenvalue weighted by molar-refractivity contribution is 9.10. The van der Waals surface area contributed by atoms with E-state index in [1.807, 2.05) is 30.5 Å². The van der Waals surface area contributed by atoms with Crippen molar-refractivity contribution in [1.82, 2.24) is 9.97 Å². The molecule has 0 aliphatic rings. The Morgan fingerprint density at radius 1 is 1.33 bits per heavy atom. The van der Waals surface area contributed by atoms with Crippen LogP contribution in [0.25, 0.3) is 11.4 Å². The topological polar surface area (TPSA) is 51.8 Å². The predicted molar refractivity (Wildman–Crippen MR) is 77.1 cm³/mol. The fourth-order valence-corrected chi connectivity index (χ4v) is 2.23. The Morgan fingerprint density at radius 2 is 2.17 bits per heavy atom. The minimum atomic E-state index is 0.494. The van der Waals surface area contributed by atoms with Gasteiger partial charge < -0.3 is 5.73 Å². The van der Waals surface area contributed by atoms with Crippen LogP contribution in [0.5, 0.6) is 0 Å². The molecule has 0 spiro atoms. The van der Waals surface area contributed by atoms with E-state index in [9.17, 15) is 0 Å². The van der Waals surface area contributed by atoms with Crippen molar-refractivity contribution in [3.05, 3.63) is 46.2 Å². The molecule has 0 saturated carbocycles. The minimum absolute atomic E-state index is 0.494. The normalized spacial score (nSPS) is 10.6. The van der Waals surface area contributed by atoms with Crippen molar-refractivity contribution in [2.24, 2.45) is 5.73 Å². The highest BCUT2D eigenvalue weighted by Crippen LogP contribution is 2.21. The molecule has 94 valence electrons. The van der Waals surface area contributed by atoms with Gasteiger partial charge in [0.1, 0.15) is 0 Å². The Bertz CT molecular complexity index is 540. The van der Waals surface area contributed by atoms with E-state index in [1.54, 1.807) is 0 Å². The summed E-state index contributed by atoms with van der Waals surface area (Å²) in [6.45, 7) is 2.63. The Balaban J connectivity index is 2.43. The molecule has 18 heavy (non-hydrogen) atoms. The van der Waals surface area contributed by atoms with Crippen molar-refractivity contribution < 1.29 is 0 Å². The van der Waals surface area contributed by atoms with Gasteiger partial charge in [-0.15, -0.1) is 0 Å². The maximum Gasteiger partial charge on any atom is 0.159 e. The molecule has 0 atom stereocenters. The van der Waals surface area contributed by atoms with Crippen LogP contribution in [0, 0.1) is 0 Å². The van der Waals surface area contributed by atoms with Crippen LogP contribution in [-0.4, -0.2) is 9.97 Å². The van der Waals surface area contributed by atoms with Gasteiger partial charge in [-0.1, -0.05) is 41.4 Å². The third-order valence-electron chi connectivity index (χ3n) is 2.74. The standard InChI is InChI=1S/C14H16BrN3/c1-2-4-13-11(8-16)9-17-14(18-13)10-5-3-6-12(15)7-10/h3,5-7,9H,2,4,8,16H2,1H3. The first-order valence-electron chi connectivity index (χ1n) is 6.05. The van der Waals surface area contributed by atoms with E-state index in [-0.39, 0.29) is 0 Å². The molecule has 2 aromatic rings. The van der Waals surface area contributed by atoms with Crippen LogP contribution in [0.4, 0.5) is 0 Å². The number of nitrogens with zero attached hydrogens (tertiary/aromatic N) is 2. The fraction of sp³-hybridized carbons (Fsp3) is 0.286. The summed E-state index contributed by atoms with van der Waals surface area (Å²) in [5.41, 5.74) is 8.82. The first-order valence-corrected chi connectivity index (χ1v) is 6.84. The zero-order valence-electron chi connectivity index (χ0n) is 10.4. The minimum Gasteiger partial charge on any atom is -0.326 e. The van der Waals surface area contributed by atoms with Crippen LogP contribution in [0.15, 0.2) is 34.9 Å². The zero-order valence-corrected chi connectivity index (χ0v) is 11.9. The molecule has 0 bridgehead atoms. The Morgan fingerprint density at radius 3 is 2.83 bits per heavy atom. The summed E-state index contributed by atoms with van der Waals surface area (Å²) >= 11 is 3.46. The highest BCUT2D eigenvalue weighted by atomic mass is 79.9. The Kier molecular flexibility index (Phi) is 4.44. The van der Waals surface area contributed by atoms with Crippen molar-refractivity contribution >= 4 is 15.9 Å². The molecule has 0 unspecified atom stereocenters. The predicted octanol–water partition coefficient (Wildman–Crippen LogP) is 3.32. The second kappa shape index (κ2) is 6.07. The fourth-order valence-electron chi connectivity index (χ4n) is 1.83. The maximum absolute atomic E-state index is 5.71. The summed E-state index contributed by atoms with van der Waals surface area (Å²) < 4.78 is 1.03. The lowest BCUT2D eigenvalue weighted by atomic mass is 10.1. The summed E-state index contributed by atoms with van der Waals surface area (Å²) in [6, 6.07) is 8.01. The van der Waals surface area contributed by atoms with Crippen LogP contribution < -0.4 is 5.73 Å². The first kappa shape index (κ1) is 13.2. The van der Waals surface area contributed by atoms with Gasteiger partial charge in [-0.3, -0.25) is 0 Å². The van der Waals surface area contributed by atoms with Gasteiger partial charge in [0, 0.05) is 34.0 Å². The summed E-state index contributed by atoms with van der Waals surface area (Å²) in [4.78, 5) is 9.02. The number of benzene rings is 1. The molecular weight excluding hydrogens is 290 g/mol. The SMILES string of the molecule is CCCc1nc(-c2cccc(Br)c2)ncc1CN. The quantitative estimate of drug-likeness (QED) is 0.943. The Labute approximate surface area is 116 Å². The second-order valence-corrected chi connectivity index (χ2v) is 5.05. The van der Waals surface area contributed by atoms with Crippen LogP contribution in [-0.2, 0) is 13.0 Å². The molecule has 3 nitrogen and oxygen atoms in total. The number of hydrogen-bond donors (Lipinski definition) is 1. The van der Waals surface area contributed by atoms with E-state index in [0.29, 0.717) is 6.54 Å². The summed E-state index contributed by atoms with van der Waals surface area (Å²) in [5, 5.41) is 0. The molecule has 1 aromatic heterocycles. The second-order valence-electron chi connectivity index (χ2n) is 4.13. The molecule has 0 fully saturated rings. The smallest absolute Gasteiger partial charge is 0.159 e. The maximum atomic E-state index is 5.71. The largest absolute Gasteiger partial charge is 0.326 e. The van der Waals surface area contributed by atoms with Crippen molar-refractivity contribution in [1.29, 1.82) is 0 Å². The van der Waals surface area contributed by atoms with Gasteiger partial charge in [-0.05, 0) is 18.6 Å². The molecule has 2 rings (SSSR count). The van der Waals surface area contributed by atoms with Crippen molar-refractivity contribution in [2.75, 3.05) is 0 Å². The summed E-state index contributed by atoms with van der Waals surface area (Å²) in [7, 11) is 0. The van der Waals surface area contributed by atoms with Crippen molar-refractivity contribution in [2.45, 2.75) is 26.3 Å². The van der Waals surface area contributed by atoms with Crippen molar-refractivity contribution in [3.8, 4) is 11.4 Å². The number of aryl methyl sites for hydroxylation is 1. The van der Waals surface area contributed by atoms with E-state index >= 15 is 0 Å². The number of hydrogen-bond acceptors (Lipinski definition) is 3. The molecule has 1 aromatic carbocycles. The number of rotatable bonds is 4. The lowest BCUT2D eigenvalue weighted by Crippen LogP contribution is -2.06. The van der Waals surface area contributed by atoms with Gasteiger partial charge in [0.25, 0.3) is 0 Å². The van der Waals surface area contributed by atoms with Crippen LogP contribution in [0.2, 0.25) is 0 Å². The molecule has 0 amide bonds. The van der Waals surface area contributed by atoms with Gasteiger partial charge in [-0.2, -0.15) is 0 Å². The highest BCUT2D eigenvalue weighted by Gasteiger charge is 2.07. The number of aromatic nitrogens is 2. The van der Waals surface area contributed by atoms with E-state index < -0.39 is 0 Å². The molecule has 0 aliphatic carbocycles. The molecule has 0 aliphatic heterocycles. The van der Waals surface area contributed by atoms with E-state index in [1.165, 1.54) is 0 Å². The summed E-state index contributed by atoms with van der Waals surface area (Å²) in [5.74, 6) is 0.761. The first-order chi connectivity index (χ1) is 8.74. The van der Waals surface area contributed by atoms with Crippen LogP contribution in [0.3, 0.4) is 0 Å².